The first-order valence-electron chi connectivity index (χ1n) is 3.02. The Balaban J connectivity index is 2.92. The molecule has 11 heavy (non-hydrogen) atoms. The van der Waals surface area contributed by atoms with Crippen LogP contribution in [0.2, 0.25) is 0 Å². The van der Waals surface area contributed by atoms with E-state index >= 15 is 0 Å². The summed E-state index contributed by atoms with van der Waals surface area (Å²) in [5.41, 5.74) is 0. The molecule has 1 unspecified atom stereocenters. The van der Waals surface area contributed by atoms with Crippen LogP contribution in [0.15, 0.2) is 17.5 Å². The minimum atomic E-state index is -0.224. The lowest BCUT2D eigenvalue weighted by Gasteiger charge is -1.90. The van der Waals surface area contributed by atoms with Gasteiger partial charge in [0.25, 0.3) is 4.88 Å². The Morgan fingerprint density at radius 1 is 1.82 bits per heavy atom. The lowest BCUT2D eigenvalue weighted by Crippen LogP contribution is -1.98. The largest absolute Gasteiger partial charge is 0.462 e. The molecule has 0 fully saturated rings. The third-order valence-electron chi connectivity index (χ3n) is 1.28. The lowest BCUT2D eigenvalue weighted by atomic mass is 10.5. The summed E-state index contributed by atoms with van der Waals surface area (Å²) in [7, 11) is 1.32. The van der Waals surface area contributed by atoms with E-state index in [0.717, 1.165) is 9.54 Å². The van der Waals surface area contributed by atoms with Gasteiger partial charge in [-0.05, 0) is 22.0 Å². The third kappa shape index (κ3) is 1.81. The van der Waals surface area contributed by atoms with Gasteiger partial charge >= 0.3 is 5.97 Å². The maximum atomic E-state index is 11.0. The fourth-order valence-electron chi connectivity index (χ4n) is 0.753. The molecule has 0 aliphatic rings. The van der Waals surface area contributed by atoms with Gasteiger partial charge in [-0.2, -0.15) is 0 Å². The Kier molecular flexibility index (Phi) is 3.08. The molecule has 1 aromatic heterocycles. The summed E-state index contributed by atoms with van der Waals surface area (Å²) in [5, 5.41) is 2.00. The van der Waals surface area contributed by atoms with Crippen molar-refractivity contribution >= 4 is 32.4 Å². The van der Waals surface area contributed by atoms with Crippen molar-refractivity contribution in [2.45, 2.75) is 4.66 Å². The van der Waals surface area contributed by atoms with E-state index in [1.165, 1.54) is 7.11 Å². The summed E-state index contributed by atoms with van der Waals surface area (Å²) in [4.78, 5) is 11.8. The molecule has 0 bridgehead atoms. The first kappa shape index (κ1) is 8.74. The van der Waals surface area contributed by atoms with E-state index in [1.54, 1.807) is 6.07 Å². The normalized spacial score (nSPS) is 11.3. The van der Waals surface area contributed by atoms with Crippen LogP contribution in [-0.2, 0) is 9.40 Å². The average Bonchev–Trinajstić information content (AvgIpc) is 2.50. The Hall–Kier alpha value is -0.350. The molecule has 2 nitrogen and oxygen atoms in total. The van der Waals surface area contributed by atoms with Crippen molar-refractivity contribution in [1.82, 2.24) is 0 Å². The SMILES string of the molecule is COC(=O)c1ccc[s+]1CBr. The van der Waals surface area contributed by atoms with Crippen molar-refractivity contribution in [3.05, 3.63) is 22.4 Å². The quantitative estimate of drug-likeness (QED) is 0.448. The van der Waals surface area contributed by atoms with Crippen LogP contribution in [0.1, 0.15) is 9.67 Å². The summed E-state index contributed by atoms with van der Waals surface area (Å²) in [6.07, 6.45) is 0. The summed E-state index contributed by atoms with van der Waals surface area (Å²) in [5.74, 6) is -0.224. The Morgan fingerprint density at radius 2 is 2.55 bits per heavy atom. The summed E-state index contributed by atoms with van der Waals surface area (Å²) >= 11 is 3.33. The molecule has 0 radical (unpaired) electrons. The van der Waals surface area contributed by atoms with Gasteiger partial charge in [-0.3, -0.25) is 0 Å². The molecular formula is C7H8BrO2S+. The summed E-state index contributed by atoms with van der Waals surface area (Å²) in [6, 6.07) is 3.69. The highest BCUT2D eigenvalue weighted by atomic mass is 79.9. The molecule has 0 amide bonds. The zero-order valence-electron chi connectivity index (χ0n) is 6.04. The fourth-order valence-corrected chi connectivity index (χ4v) is 3.11. The molecule has 1 aromatic rings. The topological polar surface area (TPSA) is 26.3 Å². The number of carbonyl (C=O) groups is 1. The lowest BCUT2D eigenvalue weighted by molar-refractivity contribution is 0.0606. The number of carbonyl (C=O) groups excluding carboxylic acids is 1. The number of hydrogen-bond acceptors (Lipinski definition) is 2. The van der Waals surface area contributed by atoms with E-state index < -0.39 is 0 Å². The number of ether oxygens (including phenoxy) is 1. The highest BCUT2D eigenvalue weighted by Gasteiger charge is 2.19. The molecule has 60 valence electrons. The molecule has 4 heteroatoms. The fraction of sp³-hybridized carbons (Fsp3) is 0.286. The molecule has 0 aliphatic heterocycles. The van der Waals surface area contributed by atoms with E-state index in [9.17, 15) is 4.79 Å². The van der Waals surface area contributed by atoms with Gasteiger partial charge < -0.3 is 4.74 Å². The van der Waals surface area contributed by atoms with Gasteiger partial charge in [0.05, 0.1) is 7.11 Å². The highest BCUT2D eigenvalue weighted by Crippen LogP contribution is 2.28. The maximum absolute atomic E-state index is 11.0. The molecule has 1 rings (SSSR count). The van der Waals surface area contributed by atoms with E-state index in [2.05, 4.69) is 20.7 Å². The molecule has 1 atom stereocenters. The summed E-state index contributed by atoms with van der Waals surface area (Å²) in [6.45, 7) is 0. The Bertz CT molecular complexity index is 257. The van der Waals surface area contributed by atoms with Crippen LogP contribution in [0.5, 0.6) is 0 Å². The zero-order valence-corrected chi connectivity index (χ0v) is 8.44. The number of halogens is 1. The van der Waals surface area contributed by atoms with Crippen LogP contribution in [0.3, 0.4) is 0 Å². The van der Waals surface area contributed by atoms with Crippen molar-refractivity contribution in [3.63, 3.8) is 0 Å². The molecule has 0 aromatic carbocycles. The minimum Gasteiger partial charge on any atom is -0.462 e. The van der Waals surface area contributed by atoms with Crippen molar-refractivity contribution < 1.29 is 9.53 Å². The first-order chi connectivity index (χ1) is 5.29. The van der Waals surface area contributed by atoms with Crippen LogP contribution in [-0.4, -0.2) is 13.1 Å². The molecule has 1 heterocycles. The first-order valence-corrected chi connectivity index (χ1v) is 5.60. The van der Waals surface area contributed by atoms with Crippen LogP contribution in [0.25, 0.3) is 0 Å². The van der Waals surface area contributed by atoms with Crippen LogP contribution >= 0.6 is 26.4 Å². The van der Waals surface area contributed by atoms with Gasteiger partial charge in [0.2, 0.25) is 0 Å². The second kappa shape index (κ2) is 3.88. The Morgan fingerprint density at radius 3 is 3.09 bits per heavy atom. The van der Waals surface area contributed by atoms with Crippen molar-refractivity contribution in [3.8, 4) is 0 Å². The van der Waals surface area contributed by atoms with Crippen LogP contribution in [0, 0.1) is 0 Å². The van der Waals surface area contributed by atoms with Crippen molar-refractivity contribution in [2.24, 2.45) is 0 Å². The van der Waals surface area contributed by atoms with Gasteiger partial charge in [-0.1, -0.05) is 0 Å². The molecule has 0 saturated carbocycles. The summed E-state index contributed by atoms with van der Waals surface area (Å²) < 4.78 is 5.40. The number of thiophene rings is 1. The van der Waals surface area contributed by atoms with E-state index in [4.69, 9.17) is 0 Å². The minimum absolute atomic E-state index is 0.0793. The zero-order chi connectivity index (χ0) is 8.27. The van der Waals surface area contributed by atoms with E-state index in [-0.39, 0.29) is 16.4 Å². The number of rotatable bonds is 2. The van der Waals surface area contributed by atoms with E-state index in [0.29, 0.717) is 0 Å². The van der Waals surface area contributed by atoms with Gasteiger partial charge in [-0.25, -0.2) is 4.79 Å². The average molecular weight is 236 g/mol. The number of methoxy groups -OCH3 is 1. The van der Waals surface area contributed by atoms with Gasteiger partial charge in [-0.15, -0.1) is 0 Å². The predicted octanol–water partition coefficient (Wildman–Crippen LogP) is 2.57. The monoisotopic (exact) mass is 235 g/mol. The second-order valence-electron chi connectivity index (χ2n) is 1.89. The molecule has 0 aliphatic carbocycles. The van der Waals surface area contributed by atoms with Gasteiger partial charge in [0.1, 0.15) is 5.38 Å². The molecule has 0 saturated heterocycles. The van der Waals surface area contributed by atoms with Crippen molar-refractivity contribution in [2.75, 3.05) is 7.11 Å². The van der Waals surface area contributed by atoms with E-state index in [1.807, 2.05) is 11.4 Å². The molecule has 0 N–H and O–H groups in total. The predicted molar refractivity (Wildman–Crippen MR) is 49.2 cm³/mol. The maximum Gasteiger partial charge on any atom is 0.391 e. The van der Waals surface area contributed by atoms with Gasteiger partial charge in [0, 0.05) is 16.5 Å². The third-order valence-corrected chi connectivity index (χ3v) is 4.35. The highest BCUT2D eigenvalue weighted by molar-refractivity contribution is 9.09. The Labute approximate surface area is 76.3 Å². The number of esters is 1. The van der Waals surface area contributed by atoms with Crippen molar-refractivity contribution in [1.29, 1.82) is 0 Å². The van der Waals surface area contributed by atoms with Gasteiger partial charge in [0.15, 0.2) is 4.66 Å². The smallest absolute Gasteiger partial charge is 0.391 e. The molecular weight excluding hydrogens is 228 g/mol. The second-order valence-corrected chi connectivity index (χ2v) is 5.05. The van der Waals surface area contributed by atoms with Crippen LogP contribution < -0.4 is 0 Å². The number of hydrogen-bond donors (Lipinski definition) is 0. The van der Waals surface area contributed by atoms with Crippen LogP contribution in [0.4, 0.5) is 0 Å². The number of alkyl halides is 1. The molecule has 0 spiro atoms. The standard InChI is InChI=1S/C7H8BrO2S/c1-10-7(9)6-3-2-4-11(6)5-8/h2-4H,5H2,1H3/q+1.